The van der Waals surface area contributed by atoms with Crippen molar-refractivity contribution in [3.63, 3.8) is 0 Å². The van der Waals surface area contributed by atoms with Gasteiger partial charge in [-0.1, -0.05) is 85.8 Å². The van der Waals surface area contributed by atoms with Crippen LogP contribution in [0.15, 0.2) is 84.9 Å². The van der Waals surface area contributed by atoms with E-state index in [9.17, 15) is 4.79 Å². The van der Waals surface area contributed by atoms with E-state index >= 15 is 0 Å². The maximum absolute atomic E-state index is 13.3. The third kappa shape index (κ3) is 2.27. The minimum atomic E-state index is -0.301. The van der Waals surface area contributed by atoms with Crippen LogP contribution in [0.5, 0.6) is 0 Å². The van der Waals surface area contributed by atoms with Gasteiger partial charge in [-0.3, -0.25) is 4.79 Å². The molecule has 6 atom stereocenters. The molecule has 0 N–H and O–H groups in total. The van der Waals surface area contributed by atoms with Crippen LogP contribution in [0.25, 0.3) is 125 Å². The summed E-state index contributed by atoms with van der Waals surface area (Å²) in [5.74, 6) is 0.930. The van der Waals surface area contributed by atoms with Gasteiger partial charge in [0.1, 0.15) is 0 Å². The molecule has 0 saturated heterocycles. The molecule has 0 amide bonds. The fourth-order valence-electron chi connectivity index (χ4n) is 19.2. The lowest BCUT2D eigenvalue weighted by molar-refractivity contribution is -0.140. The Morgan fingerprint density at radius 1 is 0.651 bits per heavy atom. The second-order valence-electron chi connectivity index (χ2n) is 21.1. The van der Waals surface area contributed by atoms with Crippen molar-refractivity contribution in [2.45, 2.75) is 67.7 Å². The molecule has 1 heterocycles. The number of carbonyl (C=O) groups is 1. The predicted molar refractivity (Wildman–Crippen MR) is 256 cm³/mol. The summed E-state index contributed by atoms with van der Waals surface area (Å²) in [6.45, 7) is 5.81. The van der Waals surface area contributed by atoms with Gasteiger partial charge in [0.25, 0.3) is 0 Å². The van der Waals surface area contributed by atoms with Crippen LogP contribution in [0.4, 0.5) is 0 Å². The number of para-hydroxylation sites is 1. The van der Waals surface area contributed by atoms with E-state index in [4.69, 9.17) is 4.74 Å². The van der Waals surface area contributed by atoms with E-state index < -0.39 is 0 Å². The van der Waals surface area contributed by atoms with Gasteiger partial charge in [0.2, 0.25) is 0 Å². The maximum Gasteiger partial charge on any atom is 0.305 e. The molecule has 3 heteroatoms. The Bertz CT molecular complexity index is 4670. The number of carbonyl (C=O) groups excluding carboxylic acids is 1. The summed E-state index contributed by atoms with van der Waals surface area (Å²) in [6.07, 6.45) is 7.27. The van der Waals surface area contributed by atoms with Crippen molar-refractivity contribution in [1.82, 2.24) is 4.57 Å². The van der Waals surface area contributed by atoms with E-state index in [-0.39, 0.29) is 28.1 Å². The lowest BCUT2D eigenvalue weighted by Gasteiger charge is -2.32. The standard InChI is InChI=1S/C60H35NO2/c1-4-61-35-9-6-5-8-25(35)26-12-11-24(22-36(26)61)58(21-7-10-37(62)63-3)59-54-23(2)55-34-20-18-32-30-16-14-28-27-13-15-29-31-17-19-33(54)44-42(31)47-40(29)38(27)46-39(28)41(30)48-43(32)45(34)57(60(55,58)59)53-51(48)49(46)50(47)52(53)56(44)59/h5-6,8-9,11-20,22-23,27,38H,4,7,10,21H2,1-3H3. The number of hydrogen-bond acceptors (Lipinski definition) is 2. The van der Waals surface area contributed by atoms with Crippen LogP contribution in [0.3, 0.4) is 0 Å². The summed E-state index contributed by atoms with van der Waals surface area (Å²) in [5.41, 5.74) is 16.2. The van der Waals surface area contributed by atoms with Gasteiger partial charge in [0, 0.05) is 68.8 Å². The molecule has 2 spiro atoms. The number of fused-ring (bicyclic) bond motifs is 6. The van der Waals surface area contributed by atoms with Gasteiger partial charge in [-0.05, 0) is 179 Å². The first kappa shape index (κ1) is 30.4. The highest BCUT2D eigenvalue weighted by atomic mass is 16.5. The van der Waals surface area contributed by atoms with Gasteiger partial charge >= 0.3 is 5.97 Å². The van der Waals surface area contributed by atoms with Crippen LogP contribution in [0, 0.1) is 5.92 Å². The fraction of sp³-hybridized carbons (Fsp3) is 0.217. The third-order valence-corrected chi connectivity index (χ3v) is 20.2. The highest BCUT2D eigenvalue weighted by Gasteiger charge is 2.96. The molecule has 20 rings (SSSR count). The molecule has 6 unspecified atom stereocenters. The summed E-state index contributed by atoms with van der Waals surface area (Å²) in [5, 5.41) is 30.6. The summed E-state index contributed by atoms with van der Waals surface area (Å²) in [4.78, 5) is 13.3. The SMILES string of the molecule is CCn1c2ccccc2c2ccc(C3(CCCC(=O)OC)C45C6=c7ccc8c9c%10c%11c8c7c4c4c7c8c%12c(ccc%13c%14ccc%15c%16c(c(c4%11)c7c(c%16%14)c%12%13)C%10C%15C=C9)=C(C6C)C835)cc21. The number of esters is 1. The molecule has 2 fully saturated rings. The molecule has 0 bridgehead atoms. The first-order valence-corrected chi connectivity index (χ1v) is 23.6. The van der Waals surface area contributed by atoms with E-state index in [1.54, 1.807) is 111 Å². The molecular weight excluding hydrogens is 767 g/mol. The number of aryl methyl sites for hydroxylation is 1. The Hall–Kier alpha value is -6.71. The summed E-state index contributed by atoms with van der Waals surface area (Å²) >= 11 is 0. The average molecular weight is 802 g/mol. The number of nitrogens with zero attached hydrogens (tertiary/aromatic N) is 1. The predicted octanol–water partition coefficient (Wildman–Crippen LogP) is 12.1. The lowest BCUT2D eigenvalue weighted by Crippen LogP contribution is -2.29. The summed E-state index contributed by atoms with van der Waals surface area (Å²) < 4.78 is 7.98. The molecule has 63 heavy (non-hydrogen) atoms. The van der Waals surface area contributed by atoms with Crippen LogP contribution >= 0.6 is 0 Å². The number of rotatable bonds is 6. The summed E-state index contributed by atoms with van der Waals surface area (Å²) in [6, 6.07) is 32.0. The quantitative estimate of drug-likeness (QED) is 0.124. The van der Waals surface area contributed by atoms with Crippen molar-refractivity contribution in [3.8, 4) is 0 Å². The highest BCUT2D eigenvalue weighted by Crippen LogP contribution is 2.96. The van der Waals surface area contributed by atoms with E-state index in [0.717, 1.165) is 19.4 Å². The topological polar surface area (TPSA) is 31.2 Å². The average Bonchev–Trinajstić information content (AvgIpc) is 4.09. The number of benzene rings is 8. The Labute approximate surface area is 358 Å². The zero-order valence-electron chi connectivity index (χ0n) is 35.0. The number of allylic oxidation sites excluding steroid dienone is 1. The van der Waals surface area contributed by atoms with Gasteiger partial charge in [0.15, 0.2) is 0 Å². The van der Waals surface area contributed by atoms with E-state index in [1.807, 2.05) is 0 Å². The van der Waals surface area contributed by atoms with E-state index in [1.165, 1.54) is 64.9 Å². The zero-order chi connectivity index (χ0) is 40.4. The van der Waals surface area contributed by atoms with E-state index in [0.29, 0.717) is 18.3 Å². The Morgan fingerprint density at radius 3 is 2.08 bits per heavy atom. The normalized spacial score (nSPS) is 27.5. The maximum atomic E-state index is 13.3. The molecule has 2 saturated carbocycles. The van der Waals surface area contributed by atoms with Gasteiger partial charge in [0.05, 0.1) is 7.11 Å². The first-order chi connectivity index (χ1) is 31.1. The highest BCUT2D eigenvalue weighted by molar-refractivity contribution is 6.55. The molecule has 292 valence electrons. The van der Waals surface area contributed by atoms with Crippen LogP contribution in [-0.2, 0) is 32.3 Å². The summed E-state index contributed by atoms with van der Waals surface area (Å²) in [7, 11) is 1.56. The molecule has 11 aromatic carbocycles. The number of ether oxygens (including phenoxy) is 1. The fourth-order valence-corrected chi connectivity index (χ4v) is 19.2. The molecule has 8 aliphatic carbocycles. The van der Waals surface area contributed by atoms with Crippen LogP contribution < -0.4 is 10.4 Å². The molecular formula is C60H35NO2. The van der Waals surface area contributed by atoms with Crippen molar-refractivity contribution in [1.29, 1.82) is 0 Å². The number of hydrogen-bond donors (Lipinski definition) is 0. The lowest BCUT2D eigenvalue weighted by atomic mass is 9.70. The van der Waals surface area contributed by atoms with Crippen LogP contribution in [0.1, 0.15) is 83.9 Å². The molecule has 1 aromatic heterocycles. The van der Waals surface area contributed by atoms with E-state index in [2.05, 4.69) is 109 Å². The van der Waals surface area contributed by atoms with Crippen molar-refractivity contribution < 1.29 is 9.53 Å². The largest absolute Gasteiger partial charge is 0.469 e. The first-order valence-electron chi connectivity index (χ1n) is 23.6. The van der Waals surface area contributed by atoms with Gasteiger partial charge in [-0.2, -0.15) is 0 Å². The molecule has 12 aromatic rings. The molecule has 8 aliphatic rings. The minimum Gasteiger partial charge on any atom is -0.469 e. The Balaban J connectivity index is 1.09. The molecule has 3 nitrogen and oxygen atoms in total. The Kier molecular flexibility index (Phi) is 4.05. The molecule has 0 radical (unpaired) electrons. The second kappa shape index (κ2) is 8.40. The van der Waals surface area contributed by atoms with Crippen LogP contribution in [-0.4, -0.2) is 17.6 Å². The van der Waals surface area contributed by atoms with Gasteiger partial charge in [-0.25, -0.2) is 0 Å². The van der Waals surface area contributed by atoms with Gasteiger partial charge < -0.3 is 9.30 Å². The monoisotopic (exact) mass is 801 g/mol. The van der Waals surface area contributed by atoms with Crippen LogP contribution in [0.2, 0.25) is 0 Å². The number of methoxy groups -OCH3 is 1. The second-order valence-corrected chi connectivity index (χ2v) is 21.1. The minimum absolute atomic E-state index is 0.104. The zero-order valence-corrected chi connectivity index (χ0v) is 35.0. The number of aromatic nitrogens is 1. The smallest absolute Gasteiger partial charge is 0.305 e. The van der Waals surface area contributed by atoms with Crippen molar-refractivity contribution in [3.05, 3.63) is 134 Å². The van der Waals surface area contributed by atoms with Crippen molar-refractivity contribution >= 4 is 131 Å². The van der Waals surface area contributed by atoms with Gasteiger partial charge in [-0.15, -0.1) is 0 Å². The third-order valence-electron chi connectivity index (χ3n) is 20.2. The Morgan fingerprint density at radius 2 is 1.30 bits per heavy atom. The van der Waals surface area contributed by atoms with Crippen molar-refractivity contribution in [2.75, 3.05) is 7.11 Å². The molecule has 0 aliphatic heterocycles. The van der Waals surface area contributed by atoms with Crippen molar-refractivity contribution in [2.24, 2.45) is 5.92 Å².